The van der Waals surface area contributed by atoms with E-state index in [0.717, 1.165) is 5.75 Å². The van der Waals surface area contributed by atoms with E-state index in [9.17, 15) is 0 Å². The van der Waals surface area contributed by atoms with E-state index in [2.05, 4.69) is 53.8 Å². The number of methoxy groups -OCH3 is 1. The molecule has 0 bridgehead atoms. The first-order valence-corrected chi connectivity index (χ1v) is 8.33. The molecule has 1 N–H and O–H groups in total. The summed E-state index contributed by atoms with van der Waals surface area (Å²) in [7, 11) is 1.75. The Morgan fingerprint density at radius 1 is 1.09 bits per heavy atom. The summed E-state index contributed by atoms with van der Waals surface area (Å²) in [6.45, 7) is 0. The van der Waals surface area contributed by atoms with Gasteiger partial charge in [-0.25, -0.2) is 0 Å². The summed E-state index contributed by atoms with van der Waals surface area (Å²) in [5.74, 6) is 1.67. The molecule has 0 aliphatic heterocycles. The smallest absolute Gasteiger partial charge is 0.119 e. The number of nitrogens with one attached hydrogen (secondary N) is 1. The number of fused-ring (bicyclic) bond motifs is 1. The predicted molar refractivity (Wildman–Crippen MR) is 89.4 cm³/mol. The zero-order valence-electron chi connectivity index (χ0n) is 13.1. The third-order valence-electron chi connectivity index (χ3n) is 5.10. The molecule has 2 aliphatic rings. The van der Waals surface area contributed by atoms with Crippen LogP contribution in [0.2, 0.25) is 0 Å². The Bertz CT molecular complexity index is 652. The Kier molecular flexibility index (Phi) is 3.63. The maximum absolute atomic E-state index is 5.41. The van der Waals surface area contributed by atoms with Crippen molar-refractivity contribution in [3.63, 3.8) is 0 Å². The second-order valence-corrected chi connectivity index (χ2v) is 6.54. The van der Waals surface area contributed by atoms with Crippen molar-refractivity contribution >= 4 is 0 Å². The molecule has 2 aliphatic carbocycles. The van der Waals surface area contributed by atoms with Crippen LogP contribution in [-0.2, 0) is 6.42 Å². The van der Waals surface area contributed by atoms with Gasteiger partial charge in [-0.05, 0) is 54.5 Å². The summed E-state index contributed by atoms with van der Waals surface area (Å²) < 4.78 is 5.41. The quantitative estimate of drug-likeness (QED) is 0.911. The third kappa shape index (κ3) is 2.64. The molecule has 0 heterocycles. The van der Waals surface area contributed by atoms with E-state index < -0.39 is 0 Å². The van der Waals surface area contributed by atoms with Gasteiger partial charge in [-0.3, -0.25) is 0 Å². The number of hydrogen-bond donors (Lipinski definition) is 1. The van der Waals surface area contributed by atoms with E-state index in [1.807, 2.05) is 0 Å². The maximum atomic E-state index is 5.41. The molecule has 114 valence electrons. The van der Waals surface area contributed by atoms with Crippen molar-refractivity contribution in [2.24, 2.45) is 0 Å². The number of ether oxygens (including phenoxy) is 1. The molecular weight excluding hydrogens is 270 g/mol. The molecule has 1 saturated carbocycles. The first-order valence-electron chi connectivity index (χ1n) is 8.33. The molecule has 0 radical (unpaired) electrons. The Morgan fingerprint density at radius 2 is 1.95 bits per heavy atom. The van der Waals surface area contributed by atoms with Crippen molar-refractivity contribution in [3.05, 3.63) is 65.2 Å². The van der Waals surface area contributed by atoms with Gasteiger partial charge in [-0.15, -0.1) is 0 Å². The van der Waals surface area contributed by atoms with Crippen molar-refractivity contribution in [3.8, 4) is 5.75 Å². The Hall–Kier alpha value is -1.80. The summed E-state index contributed by atoms with van der Waals surface area (Å²) in [5.41, 5.74) is 4.41. The zero-order chi connectivity index (χ0) is 14.9. The SMILES string of the molecule is COc1ccc2c(c1)C(N[C@H]1C[C@@H]1c1ccccc1)CCC2. The first-order chi connectivity index (χ1) is 10.8. The highest BCUT2D eigenvalue weighted by Gasteiger charge is 2.40. The molecule has 2 aromatic rings. The molecule has 1 unspecified atom stereocenters. The van der Waals surface area contributed by atoms with Gasteiger partial charge in [0.1, 0.15) is 5.75 Å². The van der Waals surface area contributed by atoms with Crippen LogP contribution in [0.25, 0.3) is 0 Å². The molecule has 22 heavy (non-hydrogen) atoms. The summed E-state index contributed by atoms with van der Waals surface area (Å²) in [5, 5.41) is 3.89. The summed E-state index contributed by atoms with van der Waals surface area (Å²) in [4.78, 5) is 0. The van der Waals surface area contributed by atoms with E-state index in [0.29, 0.717) is 18.0 Å². The molecule has 0 amide bonds. The van der Waals surface area contributed by atoms with Gasteiger partial charge >= 0.3 is 0 Å². The van der Waals surface area contributed by atoms with Gasteiger partial charge in [0.05, 0.1) is 7.11 Å². The predicted octanol–water partition coefficient (Wildman–Crippen LogP) is 4.22. The monoisotopic (exact) mass is 293 g/mol. The van der Waals surface area contributed by atoms with E-state index >= 15 is 0 Å². The lowest BCUT2D eigenvalue weighted by atomic mass is 9.87. The van der Waals surface area contributed by atoms with Crippen LogP contribution in [0, 0.1) is 0 Å². The zero-order valence-corrected chi connectivity index (χ0v) is 13.1. The molecule has 0 spiro atoms. The van der Waals surface area contributed by atoms with Crippen LogP contribution in [0.4, 0.5) is 0 Å². The van der Waals surface area contributed by atoms with E-state index in [4.69, 9.17) is 4.74 Å². The highest BCUT2D eigenvalue weighted by Crippen LogP contribution is 2.43. The Balaban J connectivity index is 1.49. The molecule has 2 nitrogen and oxygen atoms in total. The number of aryl methyl sites for hydroxylation is 1. The minimum absolute atomic E-state index is 0.484. The minimum Gasteiger partial charge on any atom is -0.497 e. The van der Waals surface area contributed by atoms with Crippen LogP contribution in [0.5, 0.6) is 5.75 Å². The molecule has 0 saturated heterocycles. The van der Waals surface area contributed by atoms with Gasteiger partial charge in [-0.2, -0.15) is 0 Å². The average molecular weight is 293 g/mol. The van der Waals surface area contributed by atoms with E-state index in [-0.39, 0.29) is 0 Å². The van der Waals surface area contributed by atoms with Crippen molar-refractivity contribution < 1.29 is 4.74 Å². The van der Waals surface area contributed by atoms with Crippen molar-refractivity contribution in [2.75, 3.05) is 7.11 Å². The van der Waals surface area contributed by atoms with Crippen LogP contribution in [0.15, 0.2) is 48.5 Å². The van der Waals surface area contributed by atoms with Crippen molar-refractivity contribution in [1.82, 2.24) is 5.32 Å². The van der Waals surface area contributed by atoms with Gasteiger partial charge in [0.25, 0.3) is 0 Å². The summed E-state index contributed by atoms with van der Waals surface area (Å²) in [6.07, 6.45) is 4.97. The Morgan fingerprint density at radius 3 is 2.77 bits per heavy atom. The Labute approximate surface area is 132 Å². The van der Waals surface area contributed by atoms with Gasteiger partial charge < -0.3 is 10.1 Å². The van der Waals surface area contributed by atoms with Crippen LogP contribution in [0.1, 0.15) is 47.9 Å². The molecule has 1 fully saturated rings. The fourth-order valence-corrected chi connectivity index (χ4v) is 3.78. The summed E-state index contributed by atoms with van der Waals surface area (Å²) in [6, 6.07) is 18.6. The lowest BCUT2D eigenvalue weighted by molar-refractivity contribution is 0.408. The minimum atomic E-state index is 0.484. The van der Waals surface area contributed by atoms with Crippen molar-refractivity contribution in [2.45, 2.75) is 43.7 Å². The van der Waals surface area contributed by atoms with E-state index in [1.54, 1.807) is 7.11 Å². The number of benzene rings is 2. The fourth-order valence-electron chi connectivity index (χ4n) is 3.78. The third-order valence-corrected chi connectivity index (χ3v) is 5.10. The highest BCUT2D eigenvalue weighted by atomic mass is 16.5. The molecular formula is C20H23NO. The molecule has 2 aromatic carbocycles. The van der Waals surface area contributed by atoms with Gasteiger partial charge in [0.2, 0.25) is 0 Å². The molecule has 0 aromatic heterocycles. The van der Waals surface area contributed by atoms with Gasteiger partial charge in [0.15, 0.2) is 0 Å². The lowest BCUT2D eigenvalue weighted by Crippen LogP contribution is -2.27. The fraction of sp³-hybridized carbons (Fsp3) is 0.400. The first kappa shape index (κ1) is 13.8. The van der Waals surface area contributed by atoms with E-state index in [1.165, 1.54) is 42.4 Å². The largest absolute Gasteiger partial charge is 0.497 e. The van der Waals surface area contributed by atoms with Crippen LogP contribution < -0.4 is 10.1 Å². The van der Waals surface area contributed by atoms with Crippen LogP contribution in [-0.4, -0.2) is 13.2 Å². The highest BCUT2D eigenvalue weighted by molar-refractivity contribution is 5.40. The van der Waals surface area contributed by atoms with Crippen LogP contribution >= 0.6 is 0 Å². The molecule has 3 atom stereocenters. The topological polar surface area (TPSA) is 21.3 Å². The number of rotatable bonds is 4. The summed E-state index contributed by atoms with van der Waals surface area (Å²) >= 11 is 0. The maximum Gasteiger partial charge on any atom is 0.119 e. The number of hydrogen-bond acceptors (Lipinski definition) is 2. The van der Waals surface area contributed by atoms with Gasteiger partial charge in [0, 0.05) is 18.0 Å². The van der Waals surface area contributed by atoms with Crippen LogP contribution in [0.3, 0.4) is 0 Å². The van der Waals surface area contributed by atoms with Crippen molar-refractivity contribution in [1.29, 1.82) is 0 Å². The standard InChI is InChI=1S/C20H23NO/c1-22-16-11-10-15-8-5-9-19(17(15)12-16)21-20-13-18(20)14-6-3-2-4-7-14/h2-4,6-7,10-12,18-21H,5,8-9,13H2,1H3/t18-,19?,20+/m1/s1. The lowest BCUT2D eigenvalue weighted by Gasteiger charge is -2.27. The van der Waals surface area contributed by atoms with Gasteiger partial charge in [-0.1, -0.05) is 36.4 Å². The molecule has 4 rings (SSSR count). The average Bonchev–Trinajstić information content (AvgIpc) is 3.35. The molecule has 2 heteroatoms. The normalized spacial score (nSPS) is 26.3. The second kappa shape index (κ2) is 5.77. The second-order valence-electron chi connectivity index (χ2n) is 6.54.